The van der Waals surface area contributed by atoms with E-state index in [4.69, 9.17) is 4.74 Å². The molecule has 0 bridgehead atoms. The van der Waals surface area contributed by atoms with Gasteiger partial charge in [0.1, 0.15) is 11.5 Å². The zero-order valence-corrected chi connectivity index (χ0v) is 14.3. The SMILES string of the molecule is COC(=O)Oc1ccc2c(c1)CCC1C2CC[C@]2(C)C(=O)CCC12. The second-order valence-corrected chi connectivity index (χ2v) is 7.75. The van der Waals surface area contributed by atoms with Gasteiger partial charge in [-0.15, -0.1) is 0 Å². The number of methoxy groups -OCH3 is 1. The molecule has 0 N–H and O–H groups in total. The van der Waals surface area contributed by atoms with E-state index >= 15 is 0 Å². The van der Waals surface area contributed by atoms with Gasteiger partial charge in [0.05, 0.1) is 7.11 Å². The summed E-state index contributed by atoms with van der Waals surface area (Å²) in [6.07, 6.45) is 5.38. The van der Waals surface area contributed by atoms with E-state index in [0.717, 1.165) is 38.5 Å². The van der Waals surface area contributed by atoms with Crippen LogP contribution in [0.2, 0.25) is 0 Å². The number of Topliss-reactive ketones (excluding diaryl/α,β-unsaturated/α-hetero) is 1. The number of fused-ring (bicyclic) bond motifs is 5. The Kier molecular flexibility index (Phi) is 3.66. The molecule has 3 aliphatic rings. The summed E-state index contributed by atoms with van der Waals surface area (Å²) in [7, 11) is 1.31. The van der Waals surface area contributed by atoms with Crippen LogP contribution in [0.3, 0.4) is 0 Å². The van der Waals surface area contributed by atoms with Gasteiger partial charge in [0.2, 0.25) is 0 Å². The lowest BCUT2D eigenvalue weighted by Crippen LogP contribution is -2.42. The van der Waals surface area contributed by atoms with Gasteiger partial charge in [0, 0.05) is 11.8 Å². The highest BCUT2D eigenvalue weighted by Crippen LogP contribution is 2.59. The molecule has 4 rings (SSSR count). The molecule has 0 heterocycles. The minimum absolute atomic E-state index is 0.0768. The van der Waals surface area contributed by atoms with E-state index in [1.54, 1.807) is 0 Å². The number of ether oxygens (including phenoxy) is 2. The maximum atomic E-state index is 12.4. The number of carbonyl (C=O) groups is 2. The third-order valence-corrected chi connectivity index (χ3v) is 6.77. The Morgan fingerprint density at radius 2 is 2.04 bits per heavy atom. The van der Waals surface area contributed by atoms with Crippen LogP contribution < -0.4 is 4.74 Å². The van der Waals surface area contributed by atoms with Crippen LogP contribution in [0.4, 0.5) is 4.79 Å². The van der Waals surface area contributed by atoms with Gasteiger partial charge < -0.3 is 9.47 Å². The smallest absolute Gasteiger partial charge is 0.437 e. The van der Waals surface area contributed by atoms with E-state index in [0.29, 0.717) is 29.3 Å². The highest BCUT2D eigenvalue weighted by molar-refractivity contribution is 5.87. The van der Waals surface area contributed by atoms with Gasteiger partial charge in [-0.2, -0.15) is 0 Å². The maximum Gasteiger partial charge on any atom is 0.513 e. The molecule has 0 saturated heterocycles. The van der Waals surface area contributed by atoms with Crippen molar-refractivity contribution in [2.75, 3.05) is 7.11 Å². The Morgan fingerprint density at radius 3 is 2.83 bits per heavy atom. The highest BCUT2D eigenvalue weighted by atomic mass is 16.7. The van der Waals surface area contributed by atoms with Crippen molar-refractivity contribution in [3.63, 3.8) is 0 Å². The molecule has 0 amide bonds. The van der Waals surface area contributed by atoms with E-state index in [-0.39, 0.29) is 5.41 Å². The average molecular weight is 328 g/mol. The van der Waals surface area contributed by atoms with Gasteiger partial charge >= 0.3 is 6.16 Å². The first-order valence-electron chi connectivity index (χ1n) is 8.95. The third kappa shape index (κ3) is 2.27. The van der Waals surface area contributed by atoms with Crippen LogP contribution >= 0.6 is 0 Å². The van der Waals surface area contributed by atoms with Gasteiger partial charge in [-0.1, -0.05) is 13.0 Å². The number of hydrogen-bond donors (Lipinski definition) is 0. The van der Waals surface area contributed by atoms with Crippen molar-refractivity contribution in [3.8, 4) is 5.75 Å². The molecule has 1 aromatic carbocycles. The second kappa shape index (κ2) is 5.61. The topological polar surface area (TPSA) is 52.6 Å². The summed E-state index contributed by atoms with van der Waals surface area (Å²) in [5, 5.41) is 0. The van der Waals surface area contributed by atoms with Gasteiger partial charge in [0.15, 0.2) is 0 Å². The van der Waals surface area contributed by atoms with Crippen molar-refractivity contribution in [2.45, 2.75) is 51.4 Å². The standard InChI is InChI=1S/C20H24O4/c1-20-10-9-15-14-6-4-13(24-19(22)23-2)11-12(14)3-5-16(15)17(20)7-8-18(20)21/h4,6,11,15-17H,3,5,7-10H2,1-2H3/t15?,16?,17?,20-/m0/s1. The van der Waals surface area contributed by atoms with Crippen molar-refractivity contribution >= 4 is 11.9 Å². The Balaban J connectivity index is 1.61. The number of aryl methyl sites for hydroxylation is 1. The molecule has 0 radical (unpaired) electrons. The highest BCUT2D eigenvalue weighted by Gasteiger charge is 2.54. The molecule has 24 heavy (non-hydrogen) atoms. The quantitative estimate of drug-likeness (QED) is 0.571. The van der Waals surface area contributed by atoms with E-state index in [1.165, 1.54) is 18.2 Å². The number of benzene rings is 1. The number of carbonyl (C=O) groups excluding carboxylic acids is 2. The van der Waals surface area contributed by atoms with Crippen molar-refractivity contribution < 1.29 is 19.1 Å². The summed E-state index contributed by atoms with van der Waals surface area (Å²) in [6.45, 7) is 2.20. The van der Waals surface area contributed by atoms with E-state index in [1.807, 2.05) is 12.1 Å². The van der Waals surface area contributed by atoms with Gasteiger partial charge in [-0.25, -0.2) is 4.79 Å². The number of ketones is 1. The van der Waals surface area contributed by atoms with Crippen molar-refractivity contribution in [2.24, 2.45) is 17.3 Å². The summed E-state index contributed by atoms with van der Waals surface area (Å²) in [6, 6.07) is 5.96. The molecule has 128 valence electrons. The van der Waals surface area contributed by atoms with Crippen LogP contribution in [0.1, 0.15) is 56.1 Å². The predicted octanol–water partition coefficient (Wildman–Crippen LogP) is 4.26. The maximum absolute atomic E-state index is 12.4. The molecule has 1 aromatic rings. The van der Waals surface area contributed by atoms with E-state index in [2.05, 4.69) is 17.7 Å². The lowest BCUT2D eigenvalue weighted by Gasteiger charge is -2.48. The molecule has 2 saturated carbocycles. The van der Waals surface area contributed by atoms with Crippen molar-refractivity contribution in [3.05, 3.63) is 29.3 Å². The van der Waals surface area contributed by atoms with Crippen LogP contribution in [0.25, 0.3) is 0 Å². The lowest BCUT2D eigenvalue weighted by molar-refractivity contribution is -0.129. The minimum atomic E-state index is -0.679. The molecule has 4 atom stereocenters. The first-order chi connectivity index (χ1) is 11.5. The summed E-state index contributed by atoms with van der Waals surface area (Å²) >= 11 is 0. The van der Waals surface area contributed by atoms with Crippen LogP contribution in [-0.4, -0.2) is 19.0 Å². The van der Waals surface area contributed by atoms with Gasteiger partial charge in [-0.3, -0.25) is 4.79 Å². The summed E-state index contributed by atoms with van der Waals surface area (Å²) in [5.41, 5.74) is 2.60. The van der Waals surface area contributed by atoms with Crippen LogP contribution in [0.15, 0.2) is 18.2 Å². The summed E-state index contributed by atoms with van der Waals surface area (Å²) in [5.74, 6) is 2.75. The molecule has 4 nitrogen and oxygen atoms in total. The zero-order valence-electron chi connectivity index (χ0n) is 14.3. The molecule has 0 spiro atoms. The van der Waals surface area contributed by atoms with E-state index in [9.17, 15) is 9.59 Å². The normalized spacial score (nSPS) is 34.1. The Morgan fingerprint density at radius 1 is 1.21 bits per heavy atom. The first kappa shape index (κ1) is 15.7. The largest absolute Gasteiger partial charge is 0.513 e. The van der Waals surface area contributed by atoms with Crippen LogP contribution in [-0.2, 0) is 16.0 Å². The van der Waals surface area contributed by atoms with Gasteiger partial charge in [-0.05, 0) is 73.1 Å². The zero-order chi connectivity index (χ0) is 16.9. The predicted molar refractivity (Wildman–Crippen MR) is 89.1 cm³/mol. The van der Waals surface area contributed by atoms with Crippen molar-refractivity contribution in [1.82, 2.24) is 0 Å². The Bertz CT molecular complexity index is 695. The fraction of sp³-hybridized carbons (Fsp3) is 0.600. The molecule has 0 aliphatic heterocycles. The Hall–Kier alpha value is -1.84. The molecule has 3 unspecified atom stereocenters. The van der Waals surface area contributed by atoms with Crippen LogP contribution in [0.5, 0.6) is 5.75 Å². The molecule has 4 heteroatoms. The fourth-order valence-electron chi connectivity index (χ4n) is 5.53. The Labute approximate surface area is 142 Å². The summed E-state index contributed by atoms with van der Waals surface area (Å²) < 4.78 is 9.72. The fourth-order valence-corrected chi connectivity index (χ4v) is 5.53. The van der Waals surface area contributed by atoms with Gasteiger partial charge in [0.25, 0.3) is 0 Å². The lowest BCUT2D eigenvalue weighted by atomic mass is 9.55. The third-order valence-electron chi connectivity index (χ3n) is 6.77. The second-order valence-electron chi connectivity index (χ2n) is 7.75. The molecular formula is C20H24O4. The summed E-state index contributed by atoms with van der Waals surface area (Å²) in [4.78, 5) is 23.7. The van der Waals surface area contributed by atoms with Crippen LogP contribution in [0, 0.1) is 17.3 Å². The molecule has 2 fully saturated rings. The first-order valence-corrected chi connectivity index (χ1v) is 8.95. The van der Waals surface area contributed by atoms with Crippen molar-refractivity contribution in [1.29, 1.82) is 0 Å². The molecular weight excluding hydrogens is 304 g/mol. The molecule has 3 aliphatic carbocycles. The monoisotopic (exact) mass is 328 g/mol. The average Bonchev–Trinajstić information content (AvgIpc) is 2.89. The number of rotatable bonds is 1. The number of hydrogen-bond acceptors (Lipinski definition) is 4. The minimum Gasteiger partial charge on any atom is -0.437 e. The molecule has 0 aromatic heterocycles. The van der Waals surface area contributed by atoms with E-state index < -0.39 is 6.16 Å².